The van der Waals surface area contributed by atoms with Gasteiger partial charge in [0.25, 0.3) is 0 Å². The SMILES string of the molecule is CC(NCCCOc1ccccc1)c1nccs1. The van der Waals surface area contributed by atoms with E-state index in [1.165, 1.54) is 0 Å². The highest BCUT2D eigenvalue weighted by Crippen LogP contribution is 2.14. The minimum atomic E-state index is 0.321. The van der Waals surface area contributed by atoms with Crippen LogP contribution in [0.25, 0.3) is 0 Å². The summed E-state index contributed by atoms with van der Waals surface area (Å²) in [6, 6.07) is 10.2. The number of benzene rings is 1. The van der Waals surface area contributed by atoms with E-state index >= 15 is 0 Å². The molecule has 1 aromatic heterocycles. The largest absolute Gasteiger partial charge is 0.494 e. The van der Waals surface area contributed by atoms with Crippen LogP contribution in [0.1, 0.15) is 24.4 Å². The lowest BCUT2D eigenvalue weighted by atomic mass is 10.3. The molecule has 96 valence electrons. The van der Waals surface area contributed by atoms with E-state index in [0.717, 1.165) is 30.3 Å². The van der Waals surface area contributed by atoms with Crippen LogP contribution >= 0.6 is 11.3 Å². The standard InChI is InChI=1S/C14H18N2OS/c1-12(14-16-9-11-18-14)15-8-5-10-17-13-6-3-2-4-7-13/h2-4,6-7,9,11-12,15H,5,8,10H2,1H3. The summed E-state index contributed by atoms with van der Waals surface area (Å²) in [6.45, 7) is 3.81. The molecular weight excluding hydrogens is 244 g/mol. The van der Waals surface area contributed by atoms with Crippen LogP contribution in [0.3, 0.4) is 0 Å². The molecule has 1 heterocycles. The monoisotopic (exact) mass is 262 g/mol. The lowest BCUT2D eigenvalue weighted by Crippen LogP contribution is -2.21. The van der Waals surface area contributed by atoms with E-state index in [9.17, 15) is 0 Å². The van der Waals surface area contributed by atoms with Gasteiger partial charge in [-0.25, -0.2) is 4.98 Å². The van der Waals surface area contributed by atoms with Gasteiger partial charge in [0.1, 0.15) is 10.8 Å². The van der Waals surface area contributed by atoms with Crippen LogP contribution in [0, 0.1) is 0 Å². The molecule has 0 aliphatic rings. The van der Waals surface area contributed by atoms with E-state index in [4.69, 9.17) is 4.74 Å². The number of para-hydroxylation sites is 1. The van der Waals surface area contributed by atoms with E-state index < -0.39 is 0 Å². The first kappa shape index (κ1) is 13.1. The minimum absolute atomic E-state index is 0.321. The predicted molar refractivity (Wildman–Crippen MR) is 75.1 cm³/mol. The molecule has 0 amide bonds. The highest BCUT2D eigenvalue weighted by molar-refractivity contribution is 7.09. The number of aromatic nitrogens is 1. The number of hydrogen-bond donors (Lipinski definition) is 1. The Kier molecular flexibility index (Phi) is 5.17. The quantitative estimate of drug-likeness (QED) is 0.778. The smallest absolute Gasteiger partial charge is 0.119 e. The summed E-state index contributed by atoms with van der Waals surface area (Å²) in [5.74, 6) is 0.936. The number of hydrogen-bond acceptors (Lipinski definition) is 4. The van der Waals surface area contributed by atoms with Crippen molar-refractivity contribution in [2.75, 3.05) is 13.2 Å². The molecule has 0 bridgehead atoms. The molecule has 4 heteroatoms. The van der Waals surface area contributed by atoms with Crippen molar-refractivity contribution in [3.8, 4) is 5.75 Å². The molecule has 1 atom stereocenters. The van der Waals surface area contributed by atoms with E-state index in [-0.39, 0.29) is 0 Å². The number of thiazole rings is 1. The molecule has 0 spiro atoms. The van der Waals surface area contributed by atoms with E-state index in [2.05, 4.69) is 17.2 Å². The van der Waals surface area contributed by atoms with Crippen LogP contribution < -0.4 is 10.1 Å². The third-order valence-corrected chi connectivity index (χ3v) is 3.56. The van der Waals surface area contributed by atoms with Crippen LogP contribution in [-0.2, 0) is 0 Å². The van der Waals surface area contributed by atoms with Gasteiger partial charge in [-0.1, -0.05) is 18.2 Å². The highest BCUT2D eigenvalue weighted by atomic mass is 32.1. The van der Waals surface area contributed by atoms with Crippen molar-refractivity contribution in [3.05, 3.63) is 46.9 Å². The second kappa shape index (κ2) is 7.13. The summed E-state index contributed by atoms with van der Waals surface area (Å²) in [5, 5.41) is 6.58. The maximum atomic E-state index is 5.63. The Balaban J connectivity index is 1.59. The van der Waals surface area contributed by atoms with Gasteiger partial charge in [0, 0.05) is 11.6 Å². The molecule has 0 aliphatic heterocycles. The Labute approximate surface area is 112 Å². The Bertz CT molecular complexity index is 430. The summed E-state index contributed by atoms with van der Waals surface area (Å²) in [6.07, 6.45) is 2.83. The van der Waals surface area contributed by atoms with E-state index in [0.29, 0.717) is 6.04 Å². The number of nitrogens with zero attached hydrogens (tertiary/aromatic N) is 1. The van der Waals surface area contributed by atoms with Crippen LogP contribution in [0.4, 0.5) is 0 Å². The third-order valence-electron chi connectivity index (χ3n) is 2.61. The predicted octanol–water partition coefficient (Wildman–Crippen LogP) is 3.26. The summed E-state index contributed by atoms with van der Waals surface area (Å²) in [7, 11) is 0. The second-order valence-corrected chi connectivity index (χ2v) is 4.99. The van der Waals surface area contributed by atoms with Gasteiger partial charge in [-0.3, -0.25) is 0 Å². The zero-order valence-corrected chi connectivity index (χ0v) is 11.3. The van der Waals surface area contributed by atoms with Crippen LogP contribution in [0.5, 0.6) is 5.75 Å². The van der Waals surface area contributed by atoms with Crippen molar-refractivity contribution in [2.24, 2.45) is 0 Å². The summed E-state index contributed by atoms with van der Waals surface area (Å²) >= 11 is 1.69. The maximum absolute atomic E-state index is 5.63. The van der Waals surface area contributed by atoms with Crippen LogP contribution in [0.15, 0.2) is 41.9 Å². The zero-order chi connectivity index (χ0) is 12.6. The van der Waals surface area contributed by atoms with E-state index in [1.807, 2.05) is 41.9 Å². The number of ether oxygens (including phenoxy) is 1. The molecule has 1 N–H and O–H groups in total. The maximum Gasteiger partial charge on any atom is 0.119 e. The molecule has 0 saturated carbocycles. The molecule has 1 unspecified atom stereocenters. The number of nitrogens with one attached hydrogen (secondary N) is 1. The van der Waals surface area contributed by atoms with Gasteiger partial charge in [-0.2, -0.15) is 0 Å². The molecule has 0 radical (unpaired) electrons. The third kappa shape index (κ3) is 4.13. The van der Waals surface area contributed by atoms with Gasteiger partial charge >= 0.3 is 0 Å². The average Bonchev–Trinajstić information content (AvgIpc) is 2.93. The van der Waals surface area contributed by atoms with Gasteiger partial charge in [-0.15, -0.1) is 11.3 Å². The molecule has 18 heavy (non-hydrogen) atoms. The van der Waals surface area contributed by atoms with Crippen molar-refractivity contribution < 1.29 is 4.74 Å². The van der Waals surface area contributed by atoms with Gasteiger partial charge in [0.15, 0.2) is 0 Å². The molecule has 2 aromatic rings. The molecule has 3 nitrogen and oxygen atoms in total. The minimum Gasteiger partial charge on any atom is -0.494 e. The van der Waals surface area contributed by atoms with Crippen molar-refractivity contribution in [1.29, 1.82) is 0 Å². The summed E-state index contributed by atoms with van der Waals surface area (Å²) in [5.41, 5.74) is 0. The Hall–Kier alpha value is -1.39. The lowest BCUT2D eigenvalue weighted by Gasteiger charge is -2.11. The Morgan fingerprint density at radius 3 is 2.89 bits per heavy atom. The molecule has 0 fully saturated rings. The Morgan fingerprint density at radius 2 is 2.17 bits per heavy atom. The van der Waals surface area contributed by atoms with Crippen molar-refractivity contribution >= 4 is 11.3 Å². The van der Waals surface area contributed by atoms with Gasteiger partial charge < -0.3 is 10.1 Å². The second-order valence-electron chi connectivity index (χ2n) is 4.06. The molecule has 1 aromatic carbocycles. The van der Waals surface area contributed by atoms with Gasteiger partial charge in [-0.05, 0) is 32.0 Å². The molecule has 2 rings (SSSR count). The fourth-order valence-corrected chi connectivity index (χ4v) is 2.30. The fourth-order valence-electron chi connectivity index (χ4n) is 1.63. The molecule has 0 aliphatic carbocycles. The Morgan fingerprint density at radius 1 is 1.33 bits per heavy atom. The summed E-state index contributed by atoms with van der Waals surface area (Å²) < 4.78 is 5.63. The normalized spacial score (nSPS) is 12.3. The zero-order valence-electron chi connectivity index (χ0n) is 10.5. The van der Waals surface area contributed by atoms with Crippen LogP contribution in [0.2, 0.25) is 0 Å². The van der Waals surface area contributed by atoms with Gasteiger partial charge in [0.2, 0.25) is 0 Å². The van der Waals surface area contributed by atoms with E-state index in [1.54, 1.807) is 11.3 Å². The van der Waals surface area contributed by atoms with Gasteiger partial charge in [0.05, 0.1) is 12.6 Å². The topological polar surface area (TPSA) is 34.1 Å². The first-order chi connectivity index (χ1) is 8.86. The first-order valence-corrected chi connectivity index (χ1v) is 7.05. The van der Waals surface area contributed by atoms with Crippen LogP contribution in [-0.4, -0.2) is 18.1 Å². The molecule has 0 saturated heterocycles. The van der Waals surface area contributed by atoms with Crippen molar-refractivity contribution in [2.45, 2.75) is 19.4 Å². The fraction of sp³-hybridized carbons (Fsp3) is 0.357. The lowest BCUT2D eigenvalue weighted by molar-refractivity contribution is 0.305. The van der Waals surface area contributed by atoms with Crippen molar-refractivity contribution in [3.63, 3.8) is 0 Å². The first-order valence-electron chi connectivity index (χ1n) is 6.17. The average molecular weight is 262 g/mol. The highest BCUT2D eigenvalue weighted by Gasteiger charge is 2.05. The number of rotatable bonds is 7. The summed E-state index contributed by atoms with van der Waals surface area (Å²) in [4.78, 5) is 4.29. The van der Waals surface area contributed by atoms with Crippen molar-refractivity contribution in [1.82, 2.24) is 10.3 Å². The molecular formula is C14H18N2OS.